The fourth-order valence-corrected chi connectivity index (χ4v) is 3.39. The van der Waals surface area contributed by atoms with Crippen LogP contribution < -0.4 is 16.4 Å². The maximum Gasteiger partial charge on any atom is 0.391 e. The van der Waals surface area contributed by atoms with Gasteiger partial charge in [0.05, 0.1) is 12.5 Å². The topological polar surface area (TPSA) is 84.2 Å². The van der Waals surface area contributed by atoms with Gasteiger partial charge in [0.2, 0.25) is 11.8 Å². The maximum atomic E-state index is 13.0. The summed E-state index contributed by atoms with van der Waals surface area (Å²) in [6.45, 7) is 3.18. The summed E-state index contributed by atoms with van der Waals surface area (Å²) < 4.78 is 38.8. The molecule has 2 aromatic carbocycles. The minimum Gasteiger partial charge on any atom is -0.351 e. The van der Waals surface area contributed by atoms with Gasteiger partial charge in [0.15, 0.2) is 0 Å². The molecule has 2 rings (SSSR count). The molecular weight excluding hydrogens is 443 g/mol. The van der Waals surface area contributed by atoms with Gasteiger partial charge >= 0.3 is 6.18 Å². The molecule has 2 amide bonds. The van der Waals surface area contributed by atoms with E-state index in [0.29, 0.717) is 10.6 Å². The average Bonchev–Trinajstić information content (AvgIpc) is 2.70. The summed E-state index contributed by atoms with van der Waals surface area (Å²) in [7, 11) is 0. The fraction of sp³-hybridized carbons (Fsp3) is 0.391. The van der Waals surface area contributed by atoms with Crippen molar-refractivity contribution >= 4 is 23.4 Å². The number of carbonyl (C=O) groups is 2. The van der Waals surface area contributed by atoms with Crippen molar-refractivity contribution in [1.82, 2.24) is 10.6 Å². The molecule has 0 aliphatic carbocycles. The third-order valence-corrected chi connectivity index (χ3v) is 5.18. The molecule has 4 N–H and O–H groups in total. The molecule has 5 nitrogen and oxygen atoms in total. The van der Waals surface area contributed by atoms with E-state index in [9.17, 15) is 22.8 Å². The van der Waals surface area contributed by atoms with Crippen LogP contribution in [-0.4, -0.2) is 30.1 Å². The first-order chi connectivity index (χ1) is 15.0. The lowest BCUT2D eigenvalue weighted by molar-refractivity contribution is -0.145. The van der Waals surface area contributed by atoms with Gasteiger partial charge in [-0.3, -0.25) is 9.59 Å². The van der Waals surface area contributed by atoms with Gasteiger partial charge in [-0.1, -0.05) is 67.9 Å². The Labute approximate surface area is 190 Å². The Morgan fingerprint density at radius 2 is 1.66 bits per heavy atom. The quantitative estimate of drug-likeness (QED) is 0.515. The summed E-state index contributed by atoms with van der Waals surface area (Å²) in [5, 5.41) is 5.53. The van der Waals surface area contributed by atoms with Crippen molar-refractivity contribution in [3.8, 4) is 0 Å². The number of carbonyl (C=O) groups excluding carboxylic acids is 2. The van der Waals surface area contributed by atoms with Crippen molar-refractivity contribution in [2.24, 2.45) is 11.7 Å². The first-order valence-electron chi connectivity index (χ1n) is 10.2. The van der Waals surface area contributed by atoms with Gasteiger partial charge in [0.1, 0.15) is 6.04 Å². The Morgan fingerprint density at radius 3 is 2.22 bits per heavy atom. The first kappa shape index (κ1) is 25.7. The molecule has 0 aliphatic heterocycles. The van der Waals surface area contributed by atoms with Crippen LogP contribution >= 0.6 is 11.6 Å². The zero-order chi connectivity index (χ0) is 23.9. The predicted octanol–water partition coefficient (Wildman–Crippen LogP) is 4.16. The van der Waals surface area contributed by atoms with Crippen LogP contribution in [0.4, 0.5) is 13.2 Å². The molecule has 2 unspecified atom stereocenters. The molecule has 0 aromatic heterocycles. The van der Waals surface area contributed by atoms with E-state index >= 15 is 0 Å². The van der Waals surface area contributed by atoms with Gasteiger partial charge in [-0.15, -0.1) is 0 Å². The van der Waals surface area contributed by atoms with Gasteiger partial charge in [-0.25, -0.2) is 0 Å². The largest absolute Gasteiger partial charge is 0.391 e. The van der Waals surface area contributed by atoms with E-state index < -0.39 is 48.5 Å². The number of amides is 2. The molecule has 0 fully saturated rings. The molecule has 3 atom stereocenters. The van der Waals surface area contributed by atoms with Crippen LogP contribution in [0.5, 0.6) is 0 Å². The van der Waals surface area contributed by atoms with Crippen molar-refractivity contribution < 1.29 is 22.8 Å². The van der Waals surface area contributed by atoms with Crippen molar-refractivity contribution in [3.63, 3.8) is 0 Å². The smallest absolute Gasteiger partial charge is 0.351 e. The van der Waals surface area contributed by atoms with Crippen LogP contribution in [0.2, 0.25) is 5.02 Å². The van der Waals surface area contributed by atoms with Gasteiger partial charge in [0, 0.05) is 11.1 Å². The summed E-state index contributed by atoms with van der Waals surface area (Å²) in [6, 6.07) is 11.9. The summed E-state index contributed by atoms with van der Waals surface area (Å²) in [6.07, 6.45) is -5.43. The summed E-state index contributed by atoms with van der Waals surface area (Å²) in [5.41, 5.74) is 7.20. The summed E-state index contributed by atoms with van der Waals surface area (Å²) in [5.74, 6) is -1.80. The minimum absolute atomic E-state index is 0.179. The summed E-state index contributed by atoms with van der Waals surface area (Å²) >= 11 is 5.96. The third-order valence-electron chi connectivity index (χ3n) is 4.95. The number of nitrogens with one attached hydrogen (secondary N) is 2. The van der Waals surface area contributed by atoms with Crippen molar-refractivity contribution in [2.75, 3.05) is 0 Å². The highest BCUT2D eigenvalue weighted by molar-refractivity contribution is 6.30. The van der Waals surface area contributed by atoms with Crippen LogP contribution in [0, 0.1) is 5.92 Å². The van der Waals surface area contributed by atoms with Gasteiger partial charge in [-0.2, -0.15) is 13.2 Å². The molecule has 0 saturated carbocycles. The zero-order valence-electron chi connectivity index (χ0n) is 17.8. The molecule has 0 saturated heterocycles. The van der Waals surface area contributed by atoms with E-state index in [-0.39, 0.29) is 6.42 Å². The molecule has 2 aromatic rings. The Bertz CT molecular complexity index is 907. The molecule has 174 valence electrons. The number of hydrogen-bond acceptors (Lipinski definition) is 3. The normalized spacial score (nSPS) is 14.5. The number of halogens is 4. The summed E-state index contributed by atoms with van der Waals surface area (Å²) in [4.78, 5) is 25.7. The van der Waals surface area contributed by atoms with E-state index in [1.165, 1.54) is 0 Å². The van der Waals surface area contributed by atoms with Crippen LogP contribution in [-0.2, 0) is 16.0 Å². The number of nitrogens with two attached hydrogens (primary N) is 1. The van der Waals surface area contributed by atoms with E-state index in [2.05, 4.69) is 10.6 Å². The Morgan fingerprint density at radius 1 is 1.00 bits per heavy atom. The average molecular weight is 470 g/mol. The second-order valence-electron chi connectivity index (χ2n) is 7.97. The van der Waals surface area contributed by atoms with Gasteiger partial charge in [0.25, 0.3) is 0 Å². The molecule has 0 bridgehead atoms. The highest BCUT2D eigenvalue weighted by Gasteiger charge is 2.35. The van der Waals surface area contributed by atoms with Crippen LogP contribution in [0.1, 0.15) is 37.4 Å². The lowest BCUT2D eigenvalue weighted by Gasteiger charge is -2.27. The van der Waals surface area contributed by atoms with E-state index in [1.807, 2.05) is 0 Å². The zero-order valence-corrected chi connectivity index (χ0v) is 18.6. The van der Waals surface area contributed by atoms with Gasteiger partial charge < -0.3 is 16.4 Å². The Balaban J connectivity index is 2.17. The number of hydrogen-bond donors (Lipinski definition) is 3. The molecule has 0 spiro atoms. The maximum absolute atomic E-state index is 13.0. The Kier molecular flexibility index (Phi) is 9.09. The lowest BCUT2D eigenvalue weighted by atomic mass is 9.98. The lowest BCUT2D eigenvalue weighted by Crippen LogP contribution is -2.50. The SMILES string of the molecule is CC(C)[C@@H](CC(F)(F)F)NC(=O)C(NC(=O)C(N)Cc1cccc(Cl)c1)c1ccccc1. The highest BCUT2D eigenvalue weighted by atomic mass is 35.5. The number of rotatable bonds is 9. The van der Waals surface area contributed by atoms with Crippen LogP contribution in [0.15, 0.2) is 54.6 Å². The highest BCUT2D eigenvalue weighted by Crippen LogP contribution is 2.25. The monoisotopic (exact) mass is 469 g/mol. The standard InChI is InChI=1S/C23H27ClF3N3O2/c1-14(2)19(13-23(25,26)27)29-22(32)20(16-8-4-3-5-9-16)30-21(31)18(28)12-15-7-6-10-17(24)11-15/h3-11,14,18-20H,12-13,28H2,1-2H3,(H,29,32)(H,30,31)/t18?,19-,20?/m1/s1. The second kappa shape index (κ2) is 11.3. The molecule has 0 heterocycles. The van der Waals surface area contributed by atoms with E-state index in [1.54, 1.807) is 68.4 Å². The third kappa shape index (κ3) is 8.16. The predicted molar refractivity (Wildman–Crippen MR) is 118 cm³/mol. The second-order valence-corrected chi connectivity index (χ2v) is 8.41. The number of benzene rings is 2. The Hall–Kier alpha value is -2.58. The van der Waals surface area contributed by atoms with Crippen LogP contribution in [0.3, 0.4) is 0 Å². The van der Waals surface area contributed by atoms with Crippen molar-refractivity contribution in [1.29, 1.82) is 0 Å². The molecular formula is C23H27ClF3N3O2. The van der Waals surface area contributed by atoms with Gasteiger partial charge in [-0.05, 0) is 35.6 Å². The number of alkyl halides is 3. The molecule has 0 radical (unpaired) electrons. The van der Waals surface area contributed by atoms with Crippen molar-refractivity contribution in [3.05, 3.63) is 70.7 Å². The van der Waals surface area contributed by atoms with E-state index in [0.717, 1.165) is 5.56 Å². The molecule has 0 aliphatic rings. The van der Waals surface area contributed by atoms with E-state index in [4.69, 9.17) is 17.3 Å². The van der Waals surface area contributed by atoms with Crippen molar-refractivity contribution in [2.45, 2.75) is 51.0 Å². The molecule has 9 heteroatoms. The van der Waals surface area contributed by atoms with Crippen LogP contribution in [0.25, 0.3) is 0 Å². The fourth-order valence-electron chi connectivity index (χ4n) is 3.17. The minimum atomic E-state index is -4.44. The molecule has 32 heavy (non-hydrogen) atoms. The first-order valence-corrected chi connectivity index (χ1v) is 10.6.